The highest BCUT2D eigenvalue weighted by atomic mass is 16.5. The summed E-state index contributed by atoms with van der Waals surface area (Å²) in [5, 5.41) is 2.12. The average molecular weight is 232 g/mol. The van der Waals surface area contributed by atoms with Crippen molar-refractivity contribution in [3.63, 3.8) is 0 Å². The topological polar surface area (TPSA) is 34.1 Å². The van der Waals surface area contributed by atoms with Crippen molar-refractivity contribution in [3.8, 4) is 11.5 Å². The van der Waals surface area contributed by atoms with Crippen LogP contribution in [0.3, 0.4) is 0 Å². The number of fused-ring (bicyclic) bond motifs is 2. The first-order valence-electron chi connectivity index (χ1n) is 5.89. The molecule has 0 amide bonds. The van der Waals surface area contributed by atoms with Crippen molar-refractivity contribution < 1.29 is 9.47 Å². The average Bonchev–Trinajstić information content (AvgIpc) is 2.81. The predicted molar refractivity (Wildman–Crippen MR) is 64.5 cm³/mol. The van der Waals surface area contributed by atoms with E-state index in [4.69, 9.17) is 14.5 Å². The van der Waals surface area contributed by atoms with E-state index in [2.05, 4.69) is 11.1 Å². The molecular weight excluding hydrogens is 216 g/mol. The molecule has 2 aliphatic rings. The Labute approximate surface area is 100 Å². The molecule has 2 aliphatic heterocycles. The molecule has 90 valence electrons. The second-order valence-corrected chi connectivity index (χ2v) is 4.38. The van der Waals surface area contributed by atoms with Gasteiger partial charge in [-0.15, -0.1) is 0 Å². The SMILES string of the molecule is COc1cc2c(cc1OC)=NC1CCCN1C=2. The fourth-order valence-corrected chi connectivity index (χ4v) is 2.50. The molecule has 0 N–H and O–H groups in total. The number of hydrogen-bond donors (Lipinski definition) is 0. The molecule has 4 heteroatoms. The summed E-state index contributed by atoms with van der Waals surface area (Å²) >= 11 is 0. The van der Waals surface area contributed by atoms with Gasteiger partial charge in [-0.2, -0.15) is 0 Å². The Hall–Kier alpha value is -1.71. The maximum absolute atomic E-state index is 5.31. The number of rotatable bonds is 2. The zero-order chi connectivity index (χ0) is 11.8. The molecular formula is C13H16N2O2. The normalized spacial score (nSPS) is 21.1. The van der Waals surface area contributed by atoms with Crippen LogP contribution in [0.2, 0.25) is 0 Å². The van der Waals surface area contributed by atoms with Crippen LogP contribution in [0.4, 0.5) is 0 Å². The van der Waals surface area contributed by atoms with Crippen LogP contribution in [0.25, 0.3) is 6.20 Å². The zero-order valence-corrected chi connectivity index (χ0v) is 10.1. The molecule has 0 saturated carbocycles. The van der Waals surface area contributed by atoms with Gasteiger partial charge in [0.25, 0.3) is 0 Å². The molecule has 1 saturated heterocycles. The van der Waals surface area contributed by atoms with Crippen LogP contribution in [0.5, 0.6) is 11.5 Å². The maximum Gasteiger partial charge on any atom is 0.162 e. The molecule has 4 nitrogen and oxygen atoms in total. The molecule has 1 aromatic carbocycles. The van der Waals surface area contributed by atoms with Crippen LogP contribution >= 0.6 is 0 Å². The van der Waals surface area contributed by atoms with Gasteiger partial charge in [-0.3, -0.25) is 4.99 Å². The molecule has 1 aromatic rings. The first-order valence-corrected chi connectivity index (χ1v) is 5.89. The van der Waals surface area contributed by atoms with E-state index in [9.17, 15) is 0 Å². The van der Waals surface area contributed by atoms with E-state index >= 15 is 0 Å². The highest BCUT2D eigenvalue weighted by molar-refractivity contribution is 5.43. The molecule has 1 atom stereocenters. The number of ether oxygens (including phenoxy) is 2. The lowest BCUT2D eigenvalue weighted by atomic mass is 10.2. The van der Waals surface area contributed by atoms with Gasteiger partial charge >= 0.3 is 0 Å². The van der Waals surface area contributed by atoms with E-state index in [1.807, 2.05) is 12.1 Å². The van der Waals surface area contributed by atoms with Crippen molar-refractivity contribution in [1.29, 1.82) is 0 Å². The highest BCUT2D eigenvalue weighted by Gasteiger charge is 2.23. The number of nitrogens with zero attached hydrogens (tertiary/aromatic N) is 2. The van der Waals surface area contributed by atoms with E-state index in [1.165, 1.54) is 6.42 Å². The first-order chi connectivity index (χ1) is 8.31. The summed E-state index contributed by atoms with van der Waals surface area (Å²) in [6, 6.07) is 3.95. The fraction of sp³-hybridized carbons (Fsp3) is 0.462. The number of hydrogen-bond acceptors (Lipinski definition) is 4. The monoisotopic (exact) mass is 232 g/mol. The van der Waals surface area contributed by atoms with Crippen molar-refractivity contribution in [2.75, 3.05) is 20.8 Å². The van der Waals surface area contributed by atoms with Crippen molar-refractivity contribution in [2.45, 2.75) is 19.0 Å². The maximum atomic E-state index is 5.31. The Kier molecular flexibility index (Phi) is 2.42. The Morgan fingerprint density at radius 2 is 2.00 bits per heavy atom. The molecule has 17 heavy (non-hydrogen) atoms. The van der Waals surface area contributed by atoms with Crippen LogP contribution in [0.1, 0.15) is 12.8 Å². The minimum atomic E-state index is 0.320. The summed E-state index contributed by atoms with van der Waals surface area (Å²) in [6.45, 7) is 1.10. The summed E-state index contributed by atoms with van der Waals surface area (Å²) in [5.41, 5.74) is 0. The molecule has 1 fully saturated rings. The first kappa shape index (κ1) is 10.4. The van der Waals surface area contributed by atoms with Crippen molar-refractivity contribution in [2.24, 2.45) is 4.99 Å². The third-order valence-corrected chi connectivity index (χ3v) is 3.39. The Morgan fingerprint density at radius 1 is 1.24 bits per heavy atom. The van der Waals surface area contributed by atoms with Crippen LogP contribution in [0, 0.1) is 0 Å². The summed E-state index contributed by atoms with van der Waals surface area (Å²) in [4.78, 5) is 7.05. The van der Waals surface area contributed by atoms with Gasteiger partial charge in [-0.1, -0.05) is 0 Å². The van der Waals surface area contributed by atoms with Crippen LogP contribution in [-0.4, -0.2) is 31.8 Å². The van der Waals surface area contributed by atoms with E-state index in [0.717, 1.165) is 35.0 Å². The van der Waals surface area contributed by atoms with E-state index in [-0.39, 0.29) is 0 Å². The predicted octanol–water partition coefficient (Wildman–Crippen LogP) is 0.497. The fourth-order valence-electron chi connectivity index (χ4n) is 2.50. The van der Waals surface area contributed by atoms with Gasteiger partial charge in [0.15, 0.2) is 11.5 Å². The lowest BCUT2D eigenvalue weighted by Crippen LogP contribution is -2.38. The van der Waals surface area contributed by atoms with Crippen LogP contribution in [0.15, 0.2) is 17.1 Å². The summed E-state index contributed by atoms with van der Waals surface area (Å²) in [6.07, 6.45) is 4.86. The summed E-state index contributed by atoms with van der Waals surface area (Å²) in [5.74, 6) is 1.50. The summed E-state index contributed by atoms with van der Waals surface area (Å²) in [7, 11) is 3.31. The molecule has 0 spiro atoms. The van der Waals surface area contributed by atoms with Crippen LogP contribution < -0.4 is 20.0 Å². The highest BCUT2D eigenvalue weighted by Crippen LogP contribution is 2.24. The van der Waals surface area contributed by atoms with Gasteiger partial charge in [0.05, 0.1) is 19.6 Å². The smallest absolute Gasteiger partial charge is 0.162 e. The van der Waals surface area contributed by atoms with E-state index in [0.29, 0.717) is 6.17 Å². The molecule has 3 rings (SSSR count). The molecule has 0 bridgehead atoms. The number of methoxy groups -OCH3 is 2. The standard InChI is InChI=1S/C13H16N2O2/c1-16-11-6-9-8-15-5-3-4-13(15)14-10(9)7-12(11)17-2/h6-8,13H,3-5H2,1-2H3. The minimum Gasteiger partial charge on any atom is -0.493 e. The van der Waals surface area contributed by atoms with E-state index in [1.54, 1.807) is 14.2 Å². The van der Waals surface area contributed by atoms with Gasteiger partial charge < -0.3 is 14.4 Å². The Balaban J connectivity index is 2.18. The molecule has 0 aliphatic carbocycles. The van der Waals surface area contributed by atoms with Crippen molar-refractivity contribution >= 4 is 6.20 Å². The van der Waals surface area contributed by atoms with Crippen molar-refractivity contribution in [3.05, 3.63) is 22.7 Å². The van der Waals surface area contributed by atoms with Crippen LogP contribution in [-0.2, 0) is 0 Å². The summed E-state index contributed by atoms with van der Waals surface area (Å²) < 4.78 is 10.6. The Morgan fingerprint density at radius 3 is 2.76 bits per heavy atom. The quantitative estimate of drug-likeness (QED) is 0.744. The van der Waals surface area contributed by atoms with Gasteiger partial charge in [0, 0.05) is 24.0 Å². The Bertz CT molecular complexity index is 504. The number of benzene rings is 1. The lowest BCUT2D eigenvalue weighted by Gasteiger charge is -2.22. The van der Waals surface area contributed by atoms with Gasteiger partial charge in [-0.05, 0) is 18.9 Å². The zero-order valence-electron chi connectivity index (χ0n) is 10.1. The molecule has 0 aromatic heterocycles. The molecule has 0 radical (unpaired) electrons. The molecule has 2 heterocycles. The van der Waals surface area contributed by atoms with Crippen molar-refractivity contribution in [1.82, 2.24) is 4.90 Å². The molecule has 1 unspecified atom stereocenters. The third kappa shape index (κ3) is 1.64. The minimum absolute atomic E-state index is 0.320. The second kappa shape index (κ2) is 3.95. The van der Waals surface area contributed by atoms with Gasteiger partial charge in [-0.25, -0.2) is 0 Å². The lowest BCUT2D eigenvalue weighted by molar-refractivity contribution is 0.350. The third-order valence-electron chi connectivity index (χ3n) is 3.39. The van der Waals surface area contributed by atoms with Gasteiger partial charge in [0.1, 0.15) is 6.17 Å². The van der Waals surface area contributed by atoms with E-state index < -0.39 is 0 Å². The largest absolute Gasteiger partial charge is 0.493 e. The second-order valence-electron chi connectivity index (χ2n) is 4.38. The van der Waals surface area contributed by atoms with Gasteiger partial charge in [0.2, 0.25) is 0 Å².